The second-order valence-corrected chi connectivity index (χ2v) is 6.67. The van der Waals surface area contributed by atoms with Gasteiger partial charge in [-0.05, 0) is 26.7 Å². The van der Waals surface area contributed by atoms with Gasteiger partial charge in [-0.1, -0.05) is 84.0 Å². The van der Waals surface area contributed by atoms with Gasteiger partial charge in [-0.25, -0.2) is 0 Å². The Bertz CT molecular complexity index is 192. The molecular formula is C19H40O2. The first-order valence-corrected chi connectivity index (χ1v) is 9.50. The van der Waals surface area contributed by atoms with Crippen molar-refractivity contribution in [3.8, 4) is 0 Å². The van der Waals surface area contributed by atoms with Gasteiger partial charge < -0.3 is 9.84 Å². The summed E-state index contributed by atoms with van der Waals surface area (Å²) in [5.74, 6) is 0. The van der Waals surface area contributed by atoms with Gasteiger partial charge in [0.2, 0.25) is 0 Å². The molecule has 1 N–H and O–H groups in total. The molecule has 128 valence electrons. The van der Waals surface area contributed by atoms with Crippen molar-refractivity contribution in [3.05, 3.63) is 0 Å². The van der Waals surface area contributed by atoms with E-state index in [-0.39, 0.29) is 6.10 Å². The quantitative estimate of drug-likeness (QED) is 0.271. The van der Waals surface area contributed by atoms with Gasteiger partial charge in [-0.2, -0.15) is 0 Å². The lowest BCUT2D eigenvalue weighted by Gasteiger charge is -2.14. The molecule has 0 fully saturated rings. The molecule has 0 amide bonds. The third-order valence-corrected chi connectivity index (χ3v) is 3.98. The summed E-state index contributed by atoms with van der Waals surface area (Å²) < 4.78 is 5.31. The predicted molar refractivity (Wildman–Crippen MR) is 92.5 cm³/mol. The summed E-state index contributed by atoms with van der Waals surface area (Å²) >= 11 is 0. The maximum absolute atomic E-state index is 9.57. The summed E-state index contributed by atoms with van der Waals surface area (Å²) in [5, 5.41) is 9.57. The van der Waals surface area contributed by atoms with E-state index in [0.717, 1.165) is 12.8 Å². The number of hydrogen-bond acceptors (Lipinski definition) is 2. The summed E-state index contributed by atoms with van der Waals surface area (Å²) in [5.41, 5.74) is 0. The van der Waals surface area contributed by atoms with Crippen LogP contribution in [0.4, 0.5) is 0 Å². The molecular weight excluding hydrogens is 260 g/mol. The Kier molecular flexibility index (Phi) is 16.2. The van der Waals surface area contributed by atoms with Crippen LogP contribution in [0.3, 0.4) is 0 Å². The number of rotatable bonds is 16. The van der Waals surface area contributed by atoms with Gasteiger partial charge in [0.25, 0.3) is 0 Å². The lowest BCUT2D eigenvalue weighted by Crippen LogP contribution is -2.16. The summed E-state index contributed by atoms with van der Waals surface area (Å²) in [6.45, 7) is 6.21. The van der Waals surface area contributed by atoms with Crippen molar-refractivity contribution in [1.82, 2.24) is 0 Å². The summed E-state index contributed by atoms with van der Waals surface area (Å²) in [6, 6.07) is 0. The first-order valence-electron chi connectivity index (χ1n) is 9.50. The minimum absolute atomic E-state index is 0.127. The Morgan fingerprint density at radius 1 is 0.667 bits per heavy atom. The molecule has 0 aromatic rings. The van der Waals surface area contributed by atoms with Gasteiger partial charge in [-0.15, -0.1) is 0 Å². The van der Waals surface area contributed by atoms with Crippen LogP contribution in [0.15, 0.2) is 0 Å². The van der Waals surface area contributed by atoms with E-state index in [1.807, 2.05) is 13.8 Å². The summed E-state index contributed by atoms with van der Waals surface area (Å²) in [7, 11) is 0. The topological polar surface area (TPSA) is 29.5 Å². The van der Waals surface area contributed by atoms with Crippen LogP contribution in [0, 0.1) is 0 Å². The fourth-order valence-electron chi connectivity index (χ4n) is 2.72. The number of ether oxygens (including phenoxy) is 1. The zero-order valence-electron chi connectivity index (χ0n) is 14.9. The van der Waals surface area contributed by atoms with Crippen molar-refractivity contribution < 1.29 is 9.84 Å². The molecule has 0 aliphatic carbocycles. The van der Waals surface area contributed by atoms with Crippen molar-refractivity contribution in [2.24, 2.45) is 0 Å². The normalized spacial score (nSPS) is 13.0. The zero-order chi connectivity index (χ0) is 15.8. The predicted octanol–water partition coefficient (Wildman–Crippen LogP) is 6.21. The second kappa shape index (κ2) is 16.3. The number of aliphatic hydroxyl groups is 1. The Hall–Kier alpha value is -0.0800. The Morgan fingerprint density at radius 3 is 1.43 bits per heavy atom. The third-order valence-electron chi connectivity index (χ3n) is 3.98. The lowest BCUT2D eigenvalue weighted by molar-refractivity contribution is -0.129. The van der Waals surface area contributed by atoms with Crippen molar-refractivity contribution in [3.63, 3.8) is 0 Å². The number of hydrogen-bond donors (Lipinski definition) is 1. The van der Waals surface area contributed by atoms with E-state index in [4.69, 9.17) is 4.74 Å². The highest BCUT2D eigenvalue weighted by molar-refractivity contribution is 4.51. The fourth-order valence-corrected chi connectivity index (χ4v) is 2.72. The molecule has 0 bridgehead atoms. The molecule has 2 heteroatoms. The molecule has 0 saturated heterocycles. The first-order chi connectivity index (χ1) is 10.2. The van der Waals surface area contributed by atoms with Crippen molar-refractivity contribution in [2.45, 2.75) is 123 Å². The summed E-state index contributed by atoms with van der Waals surface area (Å²) in [4.78, 5) is 0. The Balaban J connectivity index is 3.05. The molecule has 0 saturated carbocycles. The standard InChI is InChI=1S/C19H40O2/c1-4-5-6-7-8-9-10-11-12-13-14-15-16-17-19(20)21-18(2)3/h18-20H,4-17H2,1-3H3. The van der Waals surface area contributed by atoms with Gasteiger partial charge in [-0.3, -0.25) is 0 Å². The molecule has 2 nitrogen and oxygen atoms in total. The van der Waals surface area contributed by atoms with E-state index in [0.29, 0.717) is 0 Å². The highest BCUT2D eigenvalue weighted by Gasteiger charge is 2.05. The largest absolute Gasteiger partial charge is 0.368 e. The fraction of sp³-hybridized carbons (Fsp3) is 1.00. The third kappa shape index (κ3) is 17.9. The molecule has 1 atom stereocenters. The van der Waals surface area contributed by atoms with Gasteiger partial charge in [0.15, 0.2) is 6.29 Å². The SMILES string of the molecule is CCCCCCCCCCCCCCCC(O)OC(C)C. The molecule has 0 heterocycles. The maximum atomic E-state index is 9.57. The van der Waals surface area contributed by atoms with E-state index >= 15 is 0 Å². The lowest BCUT2D eigenvalue weighted by atomic mass is 10.0. The van der Waals surface area contributed by atoms with Crippen molar-refractivity contribution in [2.75, 3.05) is 0 Å². The van der Waals surface area contributed by atoms with Gasteiger partial charge in [0.05, 0.1) is 6.10 Å². The monoisotopic (exact) mass is 300 g/mol. The molecule has 0 rings (SSSR count). The molecule has 0 aromatic carbocycles. The van der Waals surface area contributed by atoms with Crippen molar-refractivity contribution >= 4 is 0 Å². The van der Waals surface area contributed by atoms with Gasteiger partial charge in [0.1, 0.15) is 0 Å². The van der Waals surface area contributed by atoms with Crippen molar-refractivity contribution in [1.29, 1.82) is 0 Å². The van der Waals surface area contributed by atoms with E-state index < -0.39 is 6.29 Å². The highest BCUT2D eigenvalue weighted by Crippen LogP contribution is 2.13. The molecule has 1 unspecified atom stereocenters. The van der Waals surface area contributed by atoms with Crippen LogP contribution >= 0.6 is 0 Å². The van der Waals surface area contributed by atoms with Gasteiger partial charge >= 0.3 is 0 Å². The van der Waals surface area contributed by atoms with E-state index in [1.165, 1.54) is 77.0 Å². The minimum atomic E-state index is -0.558. The minimum Gasteiger partial charge on any atom is -0.368 e. The van der Waals surface area contributed by atoms with Crippen LogP contribution in [0.25, 0.3) is 0 Å². The molecule has 0 spiro atoms. The second-order valence-electron chi connectivity index (χ2n) is 6.67. The Morgan fingerprint density at radius 2 is 1.05 bits per heavy atom. The number of unbranched alkanes of at least 4 members (excludes halogenated alkanes) is 12. The van der Waals surface area contributed by atoms with Crippen LogP contribution in [0.5, 0.6) is 0 Å². The van der Waals surface area contributed by atoms with Crippen LogP contribution < -0.4 is 0 Å². The van der Waals surface area contributed by atoms with E-state index in [9.17, 15) is 5.11 Å². The van der Waals surface area contributed by atoms with Crippen LogP contribution in [0.2, 0.25) is 0 Å². The highest BCUT2D eigenvalue weighted by atomic mass is 16.6. The molecule has 0 aliphatic heterocycles. The Labute approximate surface area is 133 Å². The molecule has 0 radical (unpaired) electrons. The van der Waals surface area contributed by atoms with Crippen LogP contribution in [0.1, 0.15) is 111 Å². The smallest absolute Gasteiger partial charge is 0.154 e. The van der Waals surface area contributed by atoms with E-state index in [1.54, 1.807) is 0 Å². The average Bonchev–Trinajstić information content (AvgIpc) is 2.43. The molecule has 0 aliphatic rings. The summed E-state index contributed by atoms with van der Waals surface area (Å²) in [6.07, 6.45) is 18.1. The average molecular weight is 301 g/mol. The first kappa shape index (κ1) is 20.9. The van der Waals surface area contributed by atoms with Crippen LogP contribution in [-0.2, 0) is 4.74 Å². The molecule has 0 aromatic heterocycles. The molecule has 21 heavy (non-hydrogen) atoms. The van der Waals surface area contributed by atoms with E-state index in [2.05, 4.69) is 6.92 Å². The zero-order valence-corrected chi connectivity index (χ0v) is 14.9. The van der Waals surface area contributed by atoms with Gasteiger partial charge in [0, 0.05) is 0 Å². The van der Waals surface area contributed by atoms with Crippen LogP contribution in [-0.4, -0.2) is 17.5 Å². The maximum Gasteiger partial charge on any atom is 0.154 e. The number of aliphatic hydroxyl groups excluding tert-OH is 1.